The molecular formula is C16H17N5O. The Kier molecular flexibility index (Phi) is 4.09. The van der Waals surface area contributed by atoms with Crippen LogP contribution in [0.5, 0.6) is 0 Å². The maximum atomic E-state index is 11.9. The number of carbonyl (C=O) groups is 1. The molecule has 0 bridgehead atoms. The smallest absolute Gasteiger partial charge is 0.271 e. The van der Waals surface area contributed by atoms with Gasteiger partial charge in [-0.15, -0.1) is 0 Å². The van der Waals surface area contributed by atoms with Crippen molar-refractivity contribution < 1.29 is 4.79 Å². The van der Waals surface area contributed by atoms with Crippen molar-refractivity contribution in [3.05, 3.63) is 54.4 Å². The predicted molar refractivity (Wildman–Crippen MR) is 83.2 cm³/mol. The Hall–Kier alpha value is -2.76. The van der Waals surface area contributed by atoms with Crippen molar-refractivity contribution in [3.63, 3.8) is 0 Å². The third-order valence-electron chi connectivity index (χ3n) is 3.40. The van der Waals surface area contributed by atoms with E-state index in [9.17, 15) is 4.79 Å². The Morgan fingerprint density at radius 3 is 2.95 bits per heavy atom. The average Bonchev–Trinajstić information content (AvgIpc) is 2.96. The molecule has 1 N–H and O–H groups in total. The summed E-state index contributed by atoms with van der Waals surface area (Å²) in [6.45, 7) is 3.54. The number of benzene rings is 1. The van der Waals surface area contributed by atoms with Gasteiger partial charge in [-0.05, 0) is 24.1 Å². The number of hydrogen-bond acceptors (Lipinski definition) is 4. The highest BCUT2D eigenvalue weighted by atomic mass is 16.1. The molecule has 0 radical (unpaired) electrons. The van der Waals surface area contributed by atoms with E-state index in [0.29, 0.717) is 12.2 Å². The lowest BCUT2D eigenvalue weighted by atomic mass is 10.2. The Morgan fingerprint density at radius 2 is 2.18 bits per heavy atom. The lowest BCUT2D eigenvalue weighted by molar-refractivity contribution is 0.0945. The van der Waals surface area contributed by atoms with Gasteiger partial charge in [0.15, 0.2) is 0 Å². The summed E-state index contributed by atoms with van der Waals surface area (Å²) in [7, 11) is 0. The van der Waals surface area contributed by atoms with Crippen molar-refractivity contribution >= 4 is 16.9 Å². The van der Waals surface area contributed by atoms with Gasteiger partial charge in [0.25, 0.3) is 5.91 Å². The molecule has 112 valence electrons. The van der Waals surface area contributed by atoms with E-state index < -0.39 is 0 Å². The van der Waals surface area contributed by atoms with Crippen molar-refractivity contribution in [2.45, 2.75) is 26.4 Å². The van der Waals surface area contributed by atoms with Gasteiger partial charge < -0.3 is 9.88 Å². The van der Waals surface area contributed by atoms with E-state index in [1.54, 1.807) is 0 Å². The summed E-state index contributed by atoms with van der Waals surface area (Å²) in [5.41, 5.74) is 3.38. The first kappa shape index (κ1) is 14.2. The number of aryl methyl sites for hydroxylation is 1. The molecule has 0 aliphatic heterocycles. The minimum atomic E-state index is -0.232. The minimum Gasteiger partial charge on any atom is -0.347 e. The molecule has 0 aliphatic rings. The second-order valence-corrected chi connectivity index (χ2v) is 5.03. The molecule has 0 spiro atoms. The summed E-state index contributed by atoms with van der Waals surface area (Å²) < 4.78 is 2.14. The van der Waals surface area contributed by atoms with Crippen molar-refractivity contribution in [1.29, 1.82) is 0 Å². The van der Waals surface area contributed by atoms with E-state index in [2.05, 4.69) is 31.8 Å². The summed E-state index contributed by atoms with van der Waals surface area (Å²) >= 11 is 0. The number of rotatable bonds is 5. The first-order valence-electron chi connectivity index (χ1n) is 7.26. The fourth-order valence-electron chi connectivity index (χ4n) is 2.33. The third kappa shape index (κ3) is 2.95. The molecular weight excluding hydrogens is 278 g/mol. The molecule has 1 amide bonds. The monoisotopic (exact) mass is 295 g/mol. The maximum Gasteiger partial charge on any atom is 0.271 e. The highest BCUT2D eigenvalue weighted by molar-refractivity contribution is 5.91. The van der Waals surface area contributed by atoms with Gasteiger partial charge >= 0.3 is 0 Å². The van der Waals surface area contributed by atoms with E-state index in [-0.39, 0.29) is 5.91 Å². The second kappa shape index (κ2) is 6.34. The second-order valence-electron chi connectivity index (χ2n) is 5.03. The lowest BCUT2D eigenvalue weighted by Crippen LogP contribution is -2.23. The normalized spacial score (nSPS) is 10.8. The first-order chi connectivity index (χ1) is 10.8. The van der Waals surface area contributed by atoms with E-state index in [4.69, 9.17) is 0 Å². The number of nitrogens with zero attached hydrogens (tertiary/aromatic N) is 4. The number of amides is 1. The van der Waals surface area contributed by atoms with Crippen molar-refractivity contribution in [2.75, 3.05) is 0 Å². The average molecular weight is 295 g/mol. The summed E-state index contributed by atoms with van der Waals surface area (Å²) in [6, 6.07) is 6.05. The molecule has 2 aromatic heterocycles. The van der Waals surface area contributed by atoms with Crippen LogP contribution in [0, 0.1) is 0 Å². The number of aromatic nitrogens is 4. The van der Waals surface area contributed by atoms with Crippen LogP contribution in [0.2, 0.25) is 0 Å². The van der Waals surface area contributed by atoms with Crippen LogP contribution in [0.15, 0.2) is 43.1 Å². The molecule has 0 aliphatic carbocycles. The van der Waals surface area contributed by atoms with Crippen LogP contribution in [0.4, 0.5) is 0 Å². The van der Waals surface area contributed by atoms with Crippen molar-refractivity contribution in [3.8, 4) is 0 Å². The van der Waals surface area contributed by atoms with Crippen LogP contribution in [-0.2, 0) is 13.1 Å². The molecule has 0 atom stereocenters. The molecule has 22 heavy (non-hydrogen) atoms. The Labute approximate surface area is 128 Å². The van der Waals surface area contributed by atoms with E-state index >= 15 is 0 Å². The zero-order valence-corrected chi connectivity index (χ0v) is 12.4. The molecule has 6 heteroatoms. The van der Waals surface area contributed by atoms with Crippen LogP contribution >= 0.6 is 0 Å². The van der Waals surface area contributed by atoms with Gasteiger partial charge in [0, 0.05) is 25.5 Å². The fourth-order valence-corrected chi connectivity index (χ4v) is 2.33. The van der Waals surface area contributed by atoms with Gasteiger partial charge in [-0.25, -0.2) is 9.97 Å². The standard InChI is InChI=1S/C16H17N5O/c1-2-7-21-11-20-13-8-12(3-4-15(13)21)9-19-16(22)14-10-17-5-6-18-14/h3-6,8,10-11H,2,7,9H2,1H3,(H,19,22). The molecule has 0 fully saturated rings. The van der Waals surface area contributed by atoms with Gasteiger partial charge in [0.05, 0.1) is 23.6 Å². The largest absolute Gasteiger partial charge is 0.347 e. The number of imidazole rings is 1. The van der Waals surface area contributed by atoms with Gasteiger partial charge in [0.2, 0.25) is 0 Å². The van der Waals surface area contributed by atoms with Crippen LogP contribution < -0.4 is 5.32 Å². The molecule has 3 rings (SSSR count). The molecule has 3 aromatic rings. The summed E-state index contributed by atoms with van der Waals surface area (Å²) in [5.74, 6) is -0.232. The quantitative estimate of drug-likeness (QED) is 0.783. The Bertz CT molecular complexity index is 782. The summed E-state index contributed by atoms with van der Waals surface area (Å²) in [6.07, 6.45) is 7.42. The molecule has 0 unspecified atom stereocenters. The molecule has 0 saturated heterocycles. The van der Waals surface area contributed by atoms with E-state index in [1.807, 2.05) is 24.5 Å². The summed E-state index contributed by atoms with van der Waals surface area (Å²) in [4.78, 5) is 24.2. The van der Waals surface area contributed by atoms with Crippen molar-refractivity contribution in [2.24, 2.45) is 0 Å². The maximum absolute atomic E-state index is 11.9. The number of nitrogens with one attached hydrogen (secondary N) is 1. The molecule has 2 heterocycles. The van der Waals surface area contributed by atoms with Gasteiger partial charge in [-0.2, -0.15) is 0 Å². The van der Waals surface area contributed by atoms with Crippen LogP contribution in [0.25, 0.3) is 11.0 Å². The highest BCUT2D eigenvalue weighted by Crippen LogP contribution is 2.15. The van der Waals surface area contributed by atoms with Gasteiger partial charge in [-0.3, -0.25) is 9.78 Å². The summed E-state index contributed by atoms with van der Waals surface area (Å²) in [5, 5.41) is 2.84. The molecule has 0 saturated carbocycles. The van der Waals surface area contributed by atoms with Crippen LogP contribution in [0.1, 0.15) is 29.4 Å². The highest BCUT2D eigenvalue weighted by Gasteiger charge is 2.07. The topological polar surface area (TPSA) is 72.7 Å². The number of hydrogen-bond donors (Lipinski definition) is 1. The van der Waals surface area contributed by atoms with E-state index in [0.717, 1.165) is 29.6 Å². The lowest BCUT2D eigenvalue weighted by Gasteiger charge is -2.05. The van der Waals surface area contributed by atoms with Gasteiger partial charge in [-0.1, -0.05) is 13.0 Å². The Morgan fingerprint density at radius 1 is 1.27 bits per heavy atom. The zero-order valence-electron chi connectivity index (χ0n) is 12.4. The van der Waals surface area contributed by atoms with Crippen LogP contribution in [0.3, 0.4) is 0 Å². The van der Waals surface area contributed by atoms with Crippen molar-refractivity contribution in [1.82, 2.24) is 24.8 Å². The third-order valence-corrected chi connectivity index (χ3v) is 3.40. The number of carbonyl (C=O) groups excluding carboxylic acids is 1. The minimum absolute atomic E-state index is 0.232. The van der Waals surface area contributed by atoms with E-state index in [1.165, 1.54) is 18.6 Å². The Balaban J connectivity index is 1.71. The zero-order chi connectivity index (χ0) is 15.4. The first-order valence-corrected chi connectivity index (χ1v) is 7.26. The molecule has 1 aromatic carbocycles. The van der Waals surface area contributed by atoms with Gasteiger partial charge in [0.1, 0.15) is 5.69 Å². The molecule has 6 nitrogen and oxygen atoms in total. The SMILES string of the molecule is CCCn1cnc2cc(CNC(=O)c3cnccn3)ccc21. The fraction of sp³-hybridized carbons (Fsp3) is 0.250. The predicted octanol–water partition coefficient (Wildman–Crippen LogP) is 2.17. The number of fused-ring (bicyclic) bond motifs is 1. The van der Waals surface area contributed by atoms with Crippen LogP contribution in [-0.4, -0.2) is 25.4 Å².